The Labute approximate surface area is 174 Å². The third kappa shape index (κ3) is 3.52. The van der Waals surface area contributed by atoms with Crippen molar-refractivity contribution >= 4 is 11.3 Å². The predicted octanol–water partition coefficient (Wildman–Crippen LogP) is 3.89. The second kappa shape index (κ2) is 7.31. The molecule has 2 aliphatic heterocycles. The molecule has 152 valence electrons. The lowest BCUT2D eigenvalue weighted by Gasteiger charge is -2.48. The van der Waals surface area contributed by atoms with Crippen LogP contribution in [0.4, 0.5) is 4.39 Å². The van der Waals surface area contributed by atoms with Crippen LogP contribution in [0.5, 0.6) is 0 Å². The Hall–Kier alpha value is -2.09. The molecular formula is C22H26FN5S. The lowest BCUT2D eigenvalue weighted by molar-refractivity contribution is 0.0494. The summed E-state index contributed by atoms with van der Waals surface area (Å²) >= 11 is 1.89. The van der Waals surface area contributed by atoms with Crippen LogP contribution in [-0.4, -0.2) is 51.2 Å². The Kier molecular flexibility index (Phi) is 4.76. The Balaban J connectivity index is 1.43. The molecule has 29 heavy (non-hydrogen) atoms. The zero-order valence-electron chi connectivity index (χ0n) is 16.9. The van der Waals surface area contributed by atoms with Crippen LogP contribution in [0.25, 0.3) is 11.4 Å². The van der Waals surface area contributed by atoms with Gasteiger partial charge in [0.2, 0.25) is 0 Å². The van der Waals surface area contributed by atoms with E-state index in [1.165, 1.54) is 21.9 Å². The Morgan fingerprint density at radius 2 is 1.83 bits per heavy atom. The molecule has 7 heteroatoms. The van der Waals surface area contributed by atoms with Gasteiger partial charge in [-0.15, -0.1) is 21.5 Å². The second-order valence-electron chi connectivity index (χ2n) is 8.47. The SMILES string of the molecule is Cc1ccc(CN2CCC3(CC2)CN(C)Cc2nnc(-c4ccc(F)cc4)n23)s1. The highest BCUT2D eigenvalue weighted by atomic mass is 32.1. The topological polar surface area (TPSA) is 37.2 Å². The van der Waals surface area contributed by atoms with Gasteiger partial charge in [0.05, 0.1) is 12.1 Å². The normalized spacial score (nSPS) is 19.6. The van der Waals surface area contributed by atoms with Crippen LogP contribution in [0.1, 0.15) is 28.4 Å². The fourth-order valence-electron chi connectivity index (χ4n) is 4.87. The summed E-state index contributed by atoms with van der Waals surface area (Å²) in [7, 11) is 2.16. The smallest absolute Gasteiger partial charge is 0.164 e. The first-order valence-electron chi connectivity index (χ1n) is 10.2. The van der Waals surface area contributed by atoms with Crippen LogP contribution in [-0.2, 0) is 18.6 Å². The number of nitrogens with zero attached hydrogens (tertiary/aromatic N) is 5. The molecule has 1 fully saturated rings. The molecule has 0 N–H and O–H groups in total. The molecule has 5 nitrogen and oxygen atoms in total. The zero-order chi connectivity index (χ0) is 20.0. The minimum atomic E-state index is -0.223. The van der Waals surface area contributed by atoms with Crippen LogP contribution < -0.4 is 0 Å². The quantitative estimate of drug-likeness (QED) is 0.655. The van der Waals surface area contributed by atoms with E-state index in [9.17, 15) is 4.39 Å². The summed E-state index contributed by atoms with van der Waals surface area (Å²) in [5.41, 5.74) is 0.933. The number of aromatic nitrogens is 3. The van der Waals surface area contributed by atoms with Gasteiger partial charge in [0.25, 0.3) is 0 Å². The lowest BCUT2D eigenvalue weighted by Crippen LogP contribution is -2.55. The summed E-state index contributed by atoms with van der Waals surface area (Å²) in [5, 5.41) is 9.03. The first-order chi connectivity index (χ1) is 14.0. The molecule has 0 amide bonds. The Morgan fingerprint density at radius 1 is 1.07 bits per heavy atom. The third-order valence-electron chi connectivity index (χ3n) is 6.24. The van der Waals surface area contributed by atoms with E-state index in [1.54, 1.807) is 0 Å². The van der Waals surface area contributed by atoms with E-state index >= 15 is 0 Å². The maximum atomic E-state index is 13.4. The maximum absolute atomic E-state index is 13.4. The van der Waals surface area contributed by atoms with Crippen molar-refractivity contribution in [2.45, 2.75) is 38.4 Å². The molecule has 0 aliphatic carbocycles. The van der Waals surface area contributed by atoms with Gasteiger partial charge >= 0.3 is 0 Å². The molecule has 4 heterocycles. The Bertz CT molecular complexity index is 1000. The monoisotopic (exact) mass is 411 g/mol. The first-order valence-corrected chi connectivity index (χ1v) is 11.0. The number of likely N-dealkylation sites (tertiary alicyclic amines) is 1. The first kappa shape index (κ1) is 18.9. The molecule has 0 bridgehead atoms. The van der Waals surface area contributed by atoms with Crippen LogP contribution in [0.15, 0.2) is 36.4 Å². The van der Waals surface area contributed by atoms with Gasteiger partial charge in [0.1, 0.15) is 11.6 Å². The van der Waals surface area contributed by atoms with Gasteiger partial charge in [-0.25, -0.2) is 4.39 Å². The van der Waals surface area contributed by atoms with Crippen LogP contribution >= 0.6 is 11.3 Å². The van der Waals surface area contributed by atoms with Crippen molar-refractivity contribution in [1.29, 1.82) is 0 Å². The number of rotatable bonds is 3. The number of halogens is 1. The third-order valence-corrected chi connectivity index (χ3v) is 7.23. The highest BCUT2D eigenvalue weighted by Crippen LogP contribution is 2.39. The second-order valence-corrected chi connectivity index (χ2v) is 9.84. The van der Waals surface area contributed by atoms with Crippen molar-refractivity contribution in [3.8, 4) is 11.4 Å². The molecule has 5 rings (SSSR count). The van der Waals surface area contributed by atoms with Crippen molar-refractivity contribution in [3.63, 3.8) is 0 Å². The number of hydrogen-bond acceptors (Lipinski definition) is 5. The molecule has 0 atom stereocenters. The van der Waals surface area contributed by atoms with Crippen molar-refractivity contribution in [2.24, 2.45) is 0 Å². The number of thiophene rings is 1. The van der Waals surface area contributed by atoms with Gasteiger partial charge in [-0.1, -0.05) is 0 Å². The molecule has 0 saturated carbocycles. The summed E-state index contributed by atoms with van der Waals surface area (Å²) in [4.78, 5) is 7.74. The molecule has 0 radical (unpaired) electrons. The molecule has 3 aromatic rings. The van der Waals surface area contributed by atoms with Crippen molar-refractivity contribution in [1.82, 2.24) is 24.6 Å². The average Bonchev–Trinajstić information content (AvgIpc) is 3.31. The number of fused-ring (bicyclic) bond motifs is 2. The fourth-order valence-corrected chi connectivity index (χ4v) is 5.81. The number of piperidine rings is 1. The van der Waals surface area contributed by atoms with Crippen molar-refractivity contribution in [3.05, 3.63) is 57.8 Å². The lowest BCUT2D eigenvalue weighted by atomic mass is 9.84. The van der Waals surface area contributed by atoms with E-state index in [4.69, 9.17) is 0 Å². The van der Waals surface area contributed by atoms with Gasteiger partial charge in [-0.3, -0.25) is 9.80 Å². The van der Waals surface area contributed by atoms with E-state index in [0.29, 0.717) is 0 Å². The average molecular weight is 412 g/mol. The summed E-state index contributed by atoms with van der Waals surface area (Å²) < 4.78 is 15.8. The van der Waals surface area contributed by atoms with Gasteiger partial charge < -0.3 is 4.57 Å². The number of likely N-dealkylation sites (N-methyl/N-ethyl adjacent to an activating group) is 1. The Morgan fingerprint density at radius 3 is 2.52 bits per heavy atom. The van der Waals surface area contributed by atoms with Crippen LogP contribution in [0, 0.1) is 12.7 Å². The maximum Gasteiger partial charge on any atom is 0.164 e. The summed E-state index contributed by atoms with van der Waals surface area (Å²) in [6.45, 7) is 7.12. The van der Waals surface area contributed by atoms with Crippen LogP contribution in [0.2, 0.25) is 0 Å². The van der Waals surface area contributed by atoms with Gasteiger partial charge in [-0.05, 0) is 63.2 Å². The van der Waals surface area contributed by atoms with Crippen LogP contribution in [0.3, 0.4) is 0 Å². The van der Waals surface area contributed by atoms with Gasteiger partial charge in [0, 0.05) is 41.5 Å². The molecule has 1 spiro atoms. The minimum absolute atomic E-state index is 0.00256. The largest absolute Gasteiger partial charge is 0.302 e. The minimum Gasteiger partial charge on any atom is -0.302 e. The standard InChI is InChI=1S/C22H26FN5S/c1-16-3-8-19(29-16)13-27-11-9-22(10-12-27)15-26(2)14-20-24-25-21(28(20)22)17-4-6-18(23)7-5-17/h3-8H,9-15H2,1-2H3. The highest BCUT2D eigenvalue weighted by Gasteiger charge is 2.43. The van der Waals surface area contributed by atoms with E-state index < -0.39 is 0 Å². The fraction of sp³-hybridized carbons (Fsp3) is 0.455. The molecule has 2 aliphatic rings. The molecule has 1 saturated heterocycles. The predicted molar refractivity (Wildman–Crippen MR) is 113 cm³/mol. The van der Waals surface area contributed by atoms with E-state index in [-0.39, 0.29) is 11.4 Å². The molecule has 2 aromatic heterocycles. The highest BCUT2D eigenvalue weighted by molar-refractivity contribution is 7.11. The summed E-state index contributed by atoms with van der Waals surface area (Å²) in [6, 6.07) is 11.1. The summed E-state index contributed by atoms with van der Waals surface area (Å²) in [6.07, 6.45) is 2.14. The van der Waals surface area contributed by atoms with Gasteiger partial charge in [0.15, 0.2) is 5.82 Å². The number of aryl methyl sites for hydroxylation is 1. The van der Waals surface area contributed by atoms with E-state index in [1.807, 2.05) is 23.5 Å². The van der Waals surface area contributed by atoms with Crippen molar-refractivity contribution < 1.29 is 4.39 Å². The summed E-state index contributed by atoms with van der Waals surface area (Å²) in [5.74, 6) is 1.66. The van der Waals surface area contributed by atoms with E-state index in [0.717, 1.165) is 62.8 Å². The van der Waals surface area contributed by atoms with E-state index in [2.05, 4.69) is 50.7 Å². The van der Waals surface area contributed by atoms with Crippen molar-refractivity contribution in [2.75, 3.05) is 26.7 Å². The number of hydrogen-bond donors (Lipinski definition) is 0. The number of benzene rings is 1. The zero-order valence-corrected chi connectivity index (χ0v) is 17.8. The molecule has 1 aromatic carbocycles. The molecular weight excluding hydrogens is 385 g/mol. The van der Waals surface area contributed by atoms with Gasteiger partial charge in [-0.2, -0.15) is 0 Å². The molecule has 0 unspecified atom stereocenters.